The molecule has 0 bridgehead atoms. The van der Waals surface area contributed by atoms with E-state index in [0.29, 0.717) is 57.0 Å². The molecule has 2 aromatic heterocycles. The number of hydrogen-bond donors (Lipinski definition) is 1. The van der Waals surface area contributed by atoms with E-state index in [-0.39, 0.29) is 5.97 Å². The molecule has 4 aromatic rings. The number of esters is 1. The molecule has 238 valence electrons. The van der Waals surface area contributed by atoms with Crippen molar-refractivity contribution in [2.24, 2.45) is 12.5 Å². The van der Waals surface area contributed by atoms with Crippen molar-refractivity contribution in [2.75, 3.05) is 51.3 Å². The summed E-state index contributed by atoms with van der Waals surface area (Å²) < 4.78 is 14.2. The molecule has 1 atom stereocenters. The van der Waals surface area contributed by atoms with Gasteiger partial charge in [-0.3, -0.25) is 4.79 Å². The number of carbonyl (C=O) groups is 2. The molecule has 1 amide bonds. The van der Waals surface area contributed by atoms with Crippen LogP contribution in [0.4, 0.5) is 10.6 Å². The molecule has 4 heterocycles. The molecule has 2 aromatic carbocycles. The van der Waals surface area contributed by atoms with E-state index in [0.717, 1.165) is 58.1 Å². The van der Waals surface area contributed by atoms with Crippen LogP contribution in [0.5, 0.6) is 11.8 Å². The van der Waals surface area contributed by atoms with Crippen LogP contribution < -0.4 is 14.4 Å². The standard InChI is InChI=1S/C34H42N6O5/c1-34(2,3)31(41)45-26-18-22-9-6-7-11-27(22)23(19-26)17-24-20-38(5)29-28(24)35-32(44-21-25-10-8-12-37(25)4)36-30(29)39-13-15-40(16-14-39)33(42)43/h6-7,9,11,18-20,25H,8,10,12-17,21H2,1-5H3,(H,42,43). The minimum atomic E-state index is -0.907. The molecule has 2 aliphatic heterocycles. The molecule has 0 radical (unpaired) electrons. The highest BCUT2D eigenvalue weighted by atomic mass is 16.5. The molecule has 2 aliphatic rings. The Balaban J connectivity index is 1.40. The number of carboxylic acid groups (broad SMARTS) is 1. The van der Waals surface area contributed by atoms with E-state index in [1.54, 1.807) is 0 Å². The van der Waals surface area contributed by atoms with Crippen LogP contribution in [0, 0.1) is 5.41 Å². The van der Waals surface area contributed by atoms with Gasteiger partial charge in [0, 0.05) is 57.4 Å². The van der Waals surface area contributed by atoms with Crippen molar-refractivity contribution in [3.8, 4) is 11.8 Å². The quantitative estimate of drug-likeness (QED) is 0.229. The maximum atomic E-state index is 12.8. The number of amides is 1. The van der Waals surface area contributed by atoms with Crippen molar-refractivity contribution < 1.29 is 24.2 Å². The highest BCUT2D eigenvalue weighted by Crippen LogP contribution is 2.34. The zero-order valence-electron chi connectivity index (χ0n) is 26.7. The largest absolute Gasteiger partial charge is 0.465 e. The summed E-state index contributed by atoms with van der Waals surface area (Å²) in [5.74, 6) is 0.968. The van der Waals surface area contributed by atoms with Crippen molar-refractivity contribution in [3.63, 3.8) is 0 Å². The Bertz CT molecular complexity index is 1740. The van der Waals surface area contributed by atoms with Crippen LogP contribution in [-0.2, 0) is 18.3 Å². The Kier molecular flexibility index (Phi) is 8.30. The third-order valence-corrected chi connectivity index (χ3v) is 8.90. The van der Waals surface area contributed by atoms with Crippen molar-refractivity contribution in [3.05, 3.63) is 53.7 Å². The second kappa shape index (κ2) is 12.2. The maximum absolute atomic E-state index is 12.8. The van der Waals surface area contributed by atoms with Crippen molar-refractivity contribution >= 4 is 39.7 Å². The third kappa shape index (κ3) is 6.40. The Hall–Kier alpha value is -4.38. The molecule has 0 saturated carbocycles. The van der Waals surface area contributed by atoms with Gasteiger partial charge in [-0.1, -0.05) is 24.3 Å². The molecule has 2 saturated heterocycles. The summed E-state index contributed by atoms with van der Waals surface area (Å²) in [5, 5.41) is 11.6. The number of anilines is 1. The number of aryl methyl sites for hydroxylation is 1. The van der Waals surface area contributed by atoms with E-state index < -0.39 is 11.5 Å². The van der Waals surface area contributed by atoms with Gasteiger partial charge in [-0.2, -0.15) is 9.97 Å². The average Bonchev–Trinajstić information content (AvgIpc) is 3.56. The Morgan fingerprint density at radius 1 is 1.00 bits per heavy atom. The first kappa shape index (κ1) is 30.6. The van der Waals surface area contributed by atoms with Gasteiger partial charge in [0.25, 0.3) is 0 Å². The molecule has 0 spiro atoms. The highest BCUT2D eigenvalue weighted by Gasteiger charge is 2.28. The van der Waals surface area contributed by atoms with Crippen molar-refractivity contribution in [2.45, 2.75) is 46.1 Å². The van der Waals surface area contributed by atoms with Crippen LogP contribution in [0.3, 0.4) is 0 Å². The molecule has 1 N–H and O–H groups in total. The molecule has 45 heavy (non-hydrogen) atoms. The number of piperazine rings is 1. The molecular weight excluding hydrogens is 572 g/mol. The lowest BCUT2D eigenvalue weighted by Gasteiger charge is -2.34. The number of nitrogens with zero attached hydrogens (tertiary/aromatic N) is 6. The van der Waals surface area contributed by atoms with E-state index in [1.807, 2.05) is 62.7 Å². The molecule has 6 rings (SSSR count). The topological polar surface area (TPSA) is 113 Å². The van der Waals surface area contributed by atoms with Gasteiger partial charge in [-0.05, 0) is 75.7 Å². The van der Waals surface area contributed by atoms with E-state index in [4.69, 9.17) is 19.4 Å². The van der Waals surface area contributed by atoms with E-state index in [1.165, 1.54) is 4.90 Å². The number of benzene rings is 2. The second-order valence-electron chi connectivity index (χ2n) is 13.3. The smallest absolute Gasteiger partial charge is 0.407 e. The lowest BCUT2D eigenvalue weighted by Crippen LogP contribution is -2.48. The molecule has 2 fully saturated rings. The Morgan fingerprint density at radius 2 is 1.76 bits per heavy atom. The summed E-state index contributed by atoms with van der Waals surface area (Å²) in [5.41, 5.74) is 3.04. The molecule has 1 unspecified atom stereocenters. The van der Waals surface area contributed by atoms with E-state index in [9.17, 15) is 14.7 Å². The normalized spacial score (nSPS) is 17.8. The number of likely N-dealkylation sites (tertiary alicyclic amines) is 1. The Labute approximate surface area is 263 Å². The summed E-state index contributed by atoms with van der Waals surface area (Å²) in [6.45, 7) is 8.92. The number of rotatable bonds is 7. The van der Waals surface area contributed by atoms with Gasteiger partial charge in [-0.25, -0.2) is 4.79 Å². The summed E-state index contributed by atoms with van der Waals surface area (Å²) in [6.07, 6.45) is 3.93. The predicted molar refractivity (Wildman–Crippen MR) is 173 cm³/mol. The minimum Gasteiger partial charge on any atom is -0.465 e. The van der Waals surface area contributed by atoms with E-state index in [2.05, 4.69) is 29.1 Å². The molecule has 11 heteroatoms. The summed E-state index contributed by atoms with van der Waals surface area (Å²) in [6, 6.07) is 12.6. The van der Waals surface area contributed by atoms with Crippen molar-refractivity contribution in [1.82, 2.24) is 24.3 Å². The second-order valence-corrected chi connectivity index (χ2v) is 13.3. The fourth-order valence-corrected chi connectivity index (χ4v) is 6.25. The first-order valence-corrected chi connectivity index (χ1v) is 15.6. The van der Waals surface area contributed by atoms with Crippen molar-refractivity contribution in [1.29, 1.82) is 0 Å². The van der Waals surface area contributed by atoms with Crippen LogP contribution in [-0.4, -0.2) is 93.9 Å². The number of hydrogen-bond acceptors (Lipinski definition) is 8. The number of fused-ring (bicyclic) bond motifs is 2. The summed E-state index contributed by atoms with van der Waals surface area (Å²) in [4.78, 5) is 40.1. The maximum Gasteiger partial charge on any atom is 0.407 e. The monoisotopic (exact) mass is 614 g/mol. The lowest BCUT2D eigenvalue weighted by atomic mass is 9.97. The SMILES string of the molecule is CN1CCCC1COc1nc(N2CCN(C(=O)O)CC2)c2c(n1)c(Cc1cc(OC(=O)C(C)(C)C)cc3ccccc13)cn2C. The molecular formula is C34H42N6O5. The first-order valence-electron chi connectivity index (χ1n) is 15.6. The van der Waals surface area contributed by atoms with Crippen LogP contribution >= 0.6 is 0 Å². The van der Waals surface area contributed by atoms with Gasteiger partial charge in [-0.15, -0.1) is 0 Å². The fraction of sp³-hybridized carbons (Fsp3) is 0.471. The van der Waals surface area contributed by atoms with Crippen LogP contribution in [0.15, 0.2) is 42.6 Å². The summed E-state index contributed by atoms with van der Waals surface area (Å²) in [7, 11) is 4.10. The number of ether oxygens (including phenoxy) is 2. The highest BCUT2D eigenvalue weighted by molar-refractivity contribution is 5.92. The predicted octanol–water partition coefficient (Wildman–Crippen LogP) is 4.94. The zero-order valence-corrected chi connectivity index (χ0v) is 26.7. The third-order valence-electron chi connectivity index (χ3n) is 8.90. The zero-order chi connectivity index (χ0) is 31.9. The Morgan fingerprint density at radius 3 is 2.44 bits per heavy atom. The fourth-order valence-electron chi connectivity index (χ4n) is 6.25. The summed E-state index contributed by atoms with van der Waals surface area (Å²) >= 11 is 0. The molecule has 11 nitrogen and oxygen atoms in total. The van der Waals surface area contributed by atoms with Crippen LogP contribution in [0.25, 0.3) is 21.8 Å². The van der Waals surface area contributed by atoms with Gasteiger partial charge in [0.15, 0.2) is 5.82 Å². The first-order chi connectivity index (χ1) is 21.5. The number of aromatic nitrogens is 3. The van der Waals surface area contributed by atoms with Gasteiger partial charge < -0.3 is 33.8 Å². The number of carbonyl (C=O) groups excluding carboxylic acids is 1. The van der Waals surface area contributed by atoms with E-state index >= 15 is 0 Å². The molecule has 0 aliphatic carbocycles. The minimum absolute atomic E-state index is 0.288. The van der Waals surface area contributed by atoms with Gasteiger partial charge in [0.1, 0.15) is 23.4 Å². The number of likely N-dealkylation sites (N-methyl/N-ethyl adjacent to an activating group) is 1. The average molecular weight is 615 g/mol. The van der Waals surface area contributed by atoms with Gasteiger partial charge in [0.2, 0.25) is 0 Å². The lowest BCUT2D eigenvalue weighted by molar-refractivity contribution is -0.142. The van der Waals surface area contributed by atoms with Gasteiger partial charge in [0.05, 0.1) is 5.41 Å². The van der Waals surface area contributed by atoms with Gasteiger partial charge >= 0.3 is 18.1 Å². The van der Waals surface area contributed by atoms with Crippen LogP contribution in [0.2, 0.25) is 0 Å². The van der Waals surface area contributed by atoms with Crippen LogP contribution in [0.1, 0.15) is 44.7 Å².